The normalized spacial score (nSPS) is 10.2. The maximum absolute atomic E-state index is 13.5. The number of hydrogen-bond donors (Lipinski definition) is 1. The molecule has 2 aromatic rings. The topological polar surface area (TPSA) is 35.2 Å². The molecular formula is C13H12FNOS. The number of rotatable bonds is 3. The van der Waals surface area contributed by atoms with Crippen LogP contribution in [0.25, 0.3) is 0 Å². The lowest BCUT2D eigenvalue weighted by Gasteiger charge is -2.09. The Balaban J connectivity index is 2.34. The Kier molecular flexibility index (Phi) is 3.54. The van der Waals surface area contributed by atoms with Crippen molar-refractivity contribution in [1.29, 1.82) is 0 Å². The van der Waals surface area contributed by atoms with Gasteiger partial charge in [0.15, 0.2) is 0 Å². The van der Waals surface area contributed by atoms with E-state index >= 15 is 0 Å². The minimum atomic E-state index is -0.250. The molecule has 17 heavy (non-hydrogen) atoms. The van der Waals surface area contributed by atoms with Crippen LogP contribution in [0.15, 0.2) is 52.3 Å². The first kappa shape index (κ1) is 11.8. The van der Waals surface area contributed by atoms with Gasteiger partial charge in [0.05, 0.1) is 12.8 Å². The third kappa shape index (κ3) is 2.53. The summed E-state index contributed by atoms with van der Waals surface area (Å²) in [5, 5.41) is 0. The number of methoxy groups -OCH3 is 1. The van der Waals surface area contributed by atoms with Gasteiger partial charge >= 0.3 is 0 Å². The van der Waals surface area contributed by atoms with E-state index in [1.54, 1.807) is 31.4 Å². The smallest absolute Gasteiger partial charge is 0.142 e. The van der Waals surface area contributed by atoms with Crippen molar-refractivity contribution in [2.45, 2.75) is 9.79 Å². The summed E-state index contributed by atoms with van der Waals surface area (Å²) in [4.78, 5) is 1.34. The molecule has 4 heteroatoms. The number of nitrogen functional groups attached to an aromatic ring is 1. The van der Waals surface area contributed by atoms with Crippen molar-refractivity contribution < 1.29 is 9.13 Å². The minimum Gasteiger partial charge on any atom is -0.495 e. The number of ether oxygens (including phenoxy) is 1. The Morgan fingerprint density at radius 3 is 2.47 bits per heavy atom. The van der Waals surface area contributed by atoms with Gasteiger partial charge in [-0.2, -0.15) is 0 Å². The van der Waals surface area contributed by atoms with Crippen molar-refractivity contribution >= 4 is 17.4 Å². The zero-order valence-electron chi connectivity index (χ0n) is 9.31. The van der Waals surface area contributed by atoms with E-state index in [1.165, 1.54) is 17.8 Å². The van der Waals surface area contributed by atoms with Gasteiger partial charge in [-0.15, -0.1) is 0 Å². The molecule has 0 aliphatic heterocycles. The SMILES string of the molecule is COc1cccc(Sc2ccccc2F)c1N. The van der Waals surface area contributed by atoms with Crippen molar-refractivity contribution in [2.75, 3.05) is 12.8 Å². The fraction of sp³-hybridized carbons (Fsp3) is 0.0769. The molecule has 0 spiro atoms. The Morgan fingerprint density at radius 1 is 1.06 bits per heavy atom. The molecule has 0 saturated heterocycles. The molecule has 0 saturated carbocycles. The standard InChI is InChI=1S/C13H12FNOS/c1-16-10-6-4-8-12(13(10)15)17-11-7-3-2-5-9(11)14/h2-8H,15H2,1H3. The molecular weight excluding hydrogens is 237 g/mol. The molecule has 2 N–H and O–H groups in total. The summed E-state index contributed by atoms with van der Waals surface area (Å²) in [5.41, 5.74) is 6.45. The molecule has 0 bridgehead atoms. The third-order valence-corrected chi connectivity index (χ3v) is 3.43. The average molecular weight is 249 g/mol. The highest BCUT2D eigenvalue weighted by Crippen LogP contribution is 2.37. The van der Waals surface area contributed by atoms with Crippen LogP contribution < -0.4 is 10.5 Å². The van der Waals surface area contributed by atoms with Crippen molar-refractivity contribution in [1.82, 2.24) is 0 Å². The Bertz CT molecular complexity index is 531. The number of para-hydroxylation sites is 1. The summed E-state index contributed by atoms with van der Waals surface area (Å²) in [7, 11) is 1.56. The van der Waals surface area contributed by atoms with Crippen LogP contribution in [-0.2, 0) is 0 Å². The van der Waals surface area contributed by atoms with Crippen molar-refractivity contribution in [3.63, 3.8) is 0 Å². The fourth-order valence-corrected chi connectivity index (χ4v) is 2.34. The lowest BCUT2D eigenvalue weighted by Crippen LogP contribution is -1.94. The van der Waals surface area contributed by atoms with Gasteiger partial charge in [0.2, 0.25) is 0 Å². The van der Waals surface area contributed by atoms with Crippen LogP contribution in [0.4, 0.5) is 10.1 Å². The zero-order valence-corrected chi connectivity index (χ0v) is 10.1. The second-order valence-electron chi connectivity index (χ2n) is 3.40. The van der Waals surface area contributed by atoms with E-state index in [-0.39, 0.29) is 5.82 Å². The molecule has 0 heterocycles. The summed E-state index contributed by atoms with van der Waals surface area (Å²) in [6.07, 6.45) is 0. The number of anilines is 1. The highest BCUT2D eigenvalue weighted by molar-refractivity contribution is 7.99. The van der Waals surface area contributed by atoms with Gasteiger partial charge in [-0.25, -0.2) is 4.39 Å². The quantitative estimate of drug-likeness (QED) is 0.845. The van der Waals surface area contributed by atoms with E-state index < -0.39 is 0 Å². The number of halogens is 1. The number of nitrogens with two attached hydrogens (primary N) is 1. The van der Waals surface area contributed by atoms with Crippen LogP contribution >= 0.6 is 11.8 Å². The molecule has 0 fully saturated rings. The lowest BCUT2D eigenvalue weighted by molar-refractivity contribution is 0.416. The van der Waals surface area contributed by atoms with Crippen LogP contribution in [0.5, 0.6) is 5.75 Å². The van der Waals surface area contributed by atoms with Gasteiger partial charge in [-0.1, -0.05) is 30.0 Å². The molecule has 2 nitrogen and oxygen atoms in total. The fourth-order valence-electron chi connectivity index (χ4n) is 1.44. The van der Waals surface area contributed by atoms with E-state index in [9.17, 15) is 4.39 Å². The van der Waals surface area contributed by atoms with E-state index in [0.29, 0.717) is 16.3 Å². The minimum absolute atomic E-state index is 0.250. The predicted molar refractivity (Wildman–Crippen MR) is 67.9 cm³/mol. The van der Waals surface area contributed by atoms with Gasteiger partial charge in [-0.05, 0) is 24.3 Å². The van der Waals surface area contributed by atoms with Crippen molar-refractivity contribution in [3.05, 3.63) is 48.3 Å². The van der Waals surface area contributed by atoms with E-state index in [1.807, 2.05) is 12.1 Å². The summed E-state index contributed by atoms with van der Waals surface area (Å²) in [6.45, 7) is 0. The highest BCUT2D eigenvalue weighted by atomic mass is 32.2. The average Bonchev–Trinajstić information content (AvgIpc) is 2.34. The Morgan fingerprint density at radius 2 is 1.76 bits per heavy atom. The molecule has 2 rings (SSSR count). The largest absolute Gasteiger partial charge is 0.495 e. The molecule has 0 aliphatic carbocycles. The van der Waals surface area contributed by atoms with E-state index in [0.717, 1.165) is 4.90 Å². The molecule has 0 amide bonds. The monoisotopic (exact) mass is 249 g/mol. The molecule has 0 radical (unpaired) electrons. The van der Waals surface area contributed by atoms with Crippen LogP contribution in [0, 0.1) is 5.82 Å². The van der Waals surface area contributed by atoms with E-state index in [2.05, 4.69) is 0 Å². The number of hydrogen-bond acceptors (Lipinski definition) is 3. The molecule has 0 unspecified atom stereocenters. The second kappa shape index (κ2) is 5.10. The van der Waals surface area contributed by atoms with Crippen molar-refractivity contribution in [3.8, 4) is 5.75 Å². The number of benzene rings is 2. The Labute approximate surface area is 104 Å². The maximum Gasteiger partial charge on any atom is 0.142 e. The summed E-state index contributed by atoms with van der Waals surface area (Å²) >= 11 is 1.29. The van der Waals surface area contributed by atoms with Crippen LogP contribution in [-0.4, -0.2) is 7.11 Å². The first-order valence-electron chi connectivity index (χ1n) is 5.07. The lowest BCUT2D eigenvalue weighted by atomic mass is 10.3. The van der Waals surface area contributed by atoms with Crippen LogP contribution in [0.1, 0.15) is 0 Å². The van der Waals surface area contributed by atoms with Gasteiger partial charge < -0.3 is 10.5 Å². The predicted octanol–water partition coefficient (Wildman–Crippen LogP) is 3.57. The first-order chi connectivity index (χ1) is 8.22. The first-order valence-corrected chi connectivity index (χ1v) is 5.89. The van der Waals surface area contributed by atoms with Gasteiger partial charge in [0, 0.05) is 9.79 Å². The van der Waals surface area contributed by atoms with Crippen molar-refractivity contribution in [2.24, 2.45) is 0 Å². The summed E-state index contributed by atoms with van der Waals surface area (Å²) in [6, 6.07) is 12.1. The zero-order chi connectivity index (χ0) is 12.3. The summed E-state index contributed by atoms with van der Waals surface area (Å²) in [5.74, 6) is 0.353. The molecule has 2 aromatic carbocycles. The maximum atomic E-state index is 13.5. The second-order valence-corrected chi connectivity index (χ2v) is 4.49. The molecule has 0 aromatic heterocycles. The van der Waals surface area contributed by atoms with Gasteiger partial charge in [0.25, 0.3) is 0 Å². The van der Waals surface area contributed by atoms with Crippen LogP contribution in [0.2, 0.25) is 0 Å². The molecule has 88 valence electrons. The van der Waals surface area contributed by atoms with Gasteiger partial charge in [-0.3, -0.25) is 0 Å². The highest BCUT2D eigenvalue weighted by Gasteiger charge is 2.09. The van der Waals surface area contributed by atoms with Crippen LogP contribution in [0.3, 0.4) is 0 Å². The van der Waals surface area contributed by atoms with E-state index in [4.69, 9.17) is 10.5 Å². The molecule has 0 aliphatic rings. The Hall–Kier alpha value is -1.68. The molecule has 0 atom stereocenters. The third-order valence-electron chi connectivity index (χ3n) is 2.30. The summed E-state index contributed by atoms with van der Waals surface area (Å²) < 4.78 is 18.6. The van der Waals surface area contributed by atoms with Gasteiger partial charge in [0.1, 0.15) is 11.6 Å².